The second kappa shape index (κ2) is 11.3. The Labute approximate surface area is 160 Å². The molecule has 0 aromatic heterocycles. The van der Waals surface area contributed by atoms with Crippen LogP contribution in [0.2, 0.25) is 10.0 Å². The molecule has 8 nitrogen and oxygen atoms in total. The maximum Gasteiger partial charge on any atom is 0.311 e. The number of rotatable bonds is 9. The lowest BCUT2D eigenvalue weighted by atomic mass is 10.3. The van der Waals surface area contributed by atoms with Gasteiger partial charge in [-0.05, 0) is 32.0 Å². The van der Waals surface area contributed by atoms with Crippen molar-refractivity contribution in [3.8, 4) is 5.75 Å². The highest BCUT2D eigenvalue weighted by atomic mass is 35.5. The molecule has 2 amide bonds. The van der Waals surface area contributed by atoms with Crippen molar-refractivity contribution in [1.29, 1.82) is 0 Å². The van der Waals surface area contributed by atoms with Crippen LogP contribution >= 0.6 is 23.2 Å². The minimum atomic E-state index is -0.550. The fraction of sp³-hybridized carbons (Fsp3) is 0.375. The van der Waals surface area contributed by atoms with Crippen LogP contribution in [0.3, 0.4) is 0 Å². The van der Waals surface area contributed by atoms with Gasteiger partial charge in [0.2, 0.25) is 0 Å². The number of amides is 2. The predicted molar refractivity (Wildman–Crippen MR) is 97.5 cm³/mol. The van der Waals surface area contributed by atoms with Gasteiger partial charge in [0.25, 0.3) is 11.8 Å². The first-order chi connectivity index (χ1) is 12.3. The summed E-state index contributed by atoms with van der Waals surface area (Å²) in [5.74, 6) is -1.20. The Morgan fingerprint density at radius 1 is 1.19 bits per heavy atom. The zero-order valence-electron chi connectivity index (χ0n) is 14.3. The smallest absolute Gasteiger partial charge is 0.311 e. The van der Waals surface area contributed by atoms with Crippen molar-refractivity contribution in [2.75, 3.05) is 19.8 Å². The van der Waals surface area contributed by atoms with Crippen LogP contribution in [0.15, 0.2) is 23.3 Å². The standard InChI is InChI=1S/C16H19Cl2N3O5/c1-3-25-16(24)6-10(2)20-21-14(22)8-19-15(23)9-26-13-5-4-11(17)7-12(13)18/h4-5,7H,3,6,8-9H2,1-2H3,(H,19,23)(H,21,22)/b20-10+. The molecule has 0 saturated carbocycles. The van der Waals surface area contributed by atoms with E-state index >= 15 is 0 Å². The second-order valence-corrected chi connectivity index (χ2v) is 5.85. The van der Waals surface area contributed by atoms with Crippen LogP contribution in [0.1, 0.15) is 20.3 Å². The molecule has 0 heterocycles. The van der Waals surface area contributed by atoms with Crippen LogP contribution in [0.5, 0.6) is 5.75 Å². The average molecular weight is 404 g/mol. The number of esters is 1. The van der Waals surface area contributed by atoms with Crippen LogP contribution in [-0.2, 0) is 19.1 Å². The van der Waals surface area contributed by atoms with Crippen molar-refractivity contribution in [3.63, 3.8) is 0 Å². The molecule has 1 aromatic rings. The van der Waals surface area contributed by atoms with E-state index in [1.165, 1.54) is 12.1 Å². The molecule has 142 valence electrons. The maximum absolute atomic E-state index is 11.7. The van der Waals surface area contributed by atoms with Crippen molar-refractivity contribution < 1.29 is 23.9 Å². The van der Waals surface area contributed by atoms with Gasteiger partial charge >= 0.3 is 5.97 Å². The normalized spacial score (nSPS) is 10.8. The molecule has 10 heteroatoms. The molecule has 0 radical (unpaired) electrons. The molecule has 0 unspecified atom stereocenters. The summed E-state index contributed by atoms with van der Waals surface area (Å²) < 4.78 is 9.99. The Kier molecular flexibility index (Phi) is 9.46. The first-order valence-electron chi connectivity index (χ1n) is 7.64. The zero-order valence-corrected chi connectivity index (χ0v) is 15.8. The van der Waals surface area contributed by atoms with Gasteiger partial charge in [0.1, 0.15) is 5.75 Å². The Morgan fingerprint density at radius 2 is 1.92 bits per heavy atom. The van der Waals surface area contributed by atoms with Gasteiger partial charge in [0.05, 0.1) is 24.6 Å². The van der Waals surface area contributed by atoms with E-state index < -0.39 is 17.8 Å². The van der Waals surface area contributed by atoms with E-state index in [0.717, 1.165) is 0 Å². The van der Waals surface area contributed by atoms with Gasteiger partial charge in [0.15, 0.2) is 6.61 Å². The van der Waals surface area contributed by atoms with E-state index in [4.69, 9.17) is 32.7 Å². The third-order valence-electron chi connectivity index (χ3n) is 2.78. The fourth-order valence-corrected chi connectivity index (χ4v) is 2.09. The summed E-state index contributed by atoms with van der Waals surface area (Å²) in [7, 11) is 0. The molecular formula is C16H19Cl2N3O5. The van der Waals surface area contributed by atoms with Gasteiger partial charge in [-0.15, -0.1) is 0 Å². The van der Waals surface area contributed by atoms with Crippen LogP contribution < -0.4 is 15.5 Å². The lowest BCUT2D eigenvalue weighted by Crippen LogP contribution is -2.37. The summed E-state index contributed by atoms with van der Waals surface area (Å²) in [4.78, 5) is 34.5. The average Bonchev–Trinajstić information content (AvgIpc) is 2.57. The van der Waals surface area contributed by atoms with Gasteiger partial charge in [-0.1, -0.05) is 23.2 Å². The Bertz CT molecular complexity index is 694. The van der Waals surface area contributed by atoms with Crippen molar-refractivity contribution in [2.45, 2.75) is 20.3 Å². The molecule has 1 rings (SSSR count). The van der Waals surface area contributed by atoms with E-state index in [0.29, 0.717) is 16.5 Å². The molecule has 1 aromatic carbocycles. The number of nitrogens with one attached hydrogen (secondary N) is 2. The third-order valence-corrected chi connectivity index (χ3v) is 3.31. The summed E-state index contributed by atoms with van der Waals surface area (Å²) in [5, 5.41) is 6.82. The molecule has 0 aliphatic heterocycles. The van der Waals surface area contributed by atoms with Gasteiger partial charge in [0, 0.05) is 10.7 Å². The molecule has 2 N–H and O–H groups in total. The van der Waals surface area contributed by atoms with Gasteiger partial charge < -0.3 is 14.8 Å². The molecule has 0 saturated heterocycles. The number of carbonyl (C=O) groups is 3. The molecule has 0 fully saturated rings. The first-order valence-corrected chi connectivity index (χ1v) is 8.39. The lowest BCUT2D eigenvalue weighted by molar-refractivity contribution is -0.141. The molecule has 0 aliphatic rings. The van der Waals surface area contributed by atoms with Crippen LogP contribution in [0.25, 0.3) is 0 Å². The van der Waals surface area contributed by atoms with E-state index in [-0.39, 0.29) is 31.2 Å². The Balaban J connectivity index is 2.31. The summed E-state index contributed by atoms with van der Waals surface area (Å²) >= 11 is 11.7. The molecule has 0 atom stereocenters. The fourth-order valence-electron chi connectivity index (χ4n) is 1.62. The number of nitrogens with zero attached hydrogens (tertiary/aromatic N) is 1. The lowest BCUT2D eigenvalue weighted by Gasteiger charge is -2.08. The molecule has 0 spiro atoms. The van der Waals surface area contributed by atoms with Crippen molar-refractivity contribution >= 4 is 46.7 Å². The predicted octanol–water partition coefficient (Wildman–Crippen LogP) is 1.93. The largest absolute Gasteiger partial charge is 0.482 e. The van der Waals surface area contributed by atoms with E-state index in [1.54, 1.807) is 19.9 Å². The van der Waals surface area contributed by atoms with Crippen LogP contribution in [0.4, 0.5) is 0 Å². The molecule has 0 aliphatic carbocycles. The van der Waals surface area contributed by atoms with Crippen LogP contribution in [0, 0.1) is 0 Å². The van der Waals surface area contributed by atoms with Gasteiger partial charge in [-0.25, -0.2) is 5.43 Å². The number of hydrogen-bond donors (Lipinski definition) is 2. The molecule has 0 bridgehead atoms. The second-order valence-electron chi connectivity index (χ2n) is 5.00. The van der Waals surface area contributed by atoms with Crippen molar-refractivity contribution in [2.24, 2.45) is 5.10 Å². The maximum atomic E-state index is 11.7. The Hall–Kier alpha value is -2.32. The quantitative estimate of drug-likeness (QED) is 0.372. The van der Waals surface area contributed by atoms with Gasteiger partial charge in [-0.2, -0.15) is 5.10 Å². The molecular weight excluding hydrogens is 385 g/mol. The molecule has 26 heavy (non-hydrogen) atoms. The summed E-state index contributed by atoms with van der Waals surface area (Å²) in [6, 6.07) is 4.59. The number of benzene rings is 1. The highest BCUT2D eigenvalue weighted by Crippen LogP contribution is 2.27. The van der Waals surface area contributed by atoms with E-state index in [1.807, 2.05) is 0 Å². The van der Waals surface area contributed by atoms with Gasteiger partial charge in [-0.3, -0.25) is 14.4 Å². The zero-order chi connectivity index (χ0) is 19.5. The number of hydrogen-bond acceptors (Lipinski definition) is 6. The summed E-state index contributed by atoms with van der Waals surface area (Å²) in [6.45, 7) is 2.92. The minimum Gasteiger partial charge on any atom is -0.482 e. The summed E-state index contributed by atoms with van der Waals surface area (Å²) in [5.41, 5.74) is 2.60. The number of hydrazone groups is 1. The topological polar surface area (TPSA) is 106 Å². The van der Waals surface area contributed by atoms with E-state index in [9.17, 15) is 14.4 Å². The van der Waals surface area contributed by atoms with Crippen LogP contribution in [-0.4, -0.2) is 43.3 Å². The van der Waals surface area contributed by atoms with Crippen molar-refractivity contribution in [1.82, 2.24) is 10.7 Å². The highest BCUT2D eigenvalue weighted by Gasteiger charge is 2.09. The number of ether oxygens (including phenoxy) is 2. The third kappa shape index (κ3) is 8.68. The van der Waals surface area contributed by atoms with Crippen molar-refractivity contribution in [3.05, 3.63) is 28.2 Å². The summed E-state index contributed by atoms with van der Waals surface area (Å²) in [6.07, 6.45) is -0.0316. The number of halogens is 2. The SMILES string of the molecule is CCOC(=O)C/C(C)=N/NC(=O)CNC(=O)COc1ccc(Cl)cc1Cl. The monoisotopic (exact) mass is 403 g/mol. The van der Waals surface area contributed by atoms with E-state index in [2.05, 4.69) is 15.8 Å². The first kappa shape index (κ1) is 21.7. The number of carbonyl (C=O) groups excluding carboxylic acids is 3. The minimum absolute atomic E-state index is 0.0316. The highest BCUT2D eigenvalue weighted by molar-refractivity contribution is 6.35. The Morgan fingerprint density at radius 3 is 2.58 bits per heavy atom.